The Hall–Kier alpha value is -0.540. The highest BCUT2D eigenvalue weighted by atomic mass is 79.9. The van der Waals surface area contributed by atoms with E-state index in [0.29, 0.717) is 0 Å². The highest BCUT2D eigenvalue weighted by molar-refractivity contribution is 9.08. The van der Waals surface area contributed by atoms with Crippen molar-refractivity contribution in [2.24, 2.45) is 0 Å². The molecule has 1 saturated heterocycles. The van der Waals surface area contributed by atoms with Crippen molar-refractivity contribution in [1.29, 1.82) is 0 Å². The van der Waals surface area contributed by atoms with Gasteiger partial charge in [0.15, 0.2) is 6.29 Å². The minimum Gasteiger partial charge on any atom is -0.465 e. The molecule has 15 heavy (non-hydrogen) atoms. The summed E-state index contributed by atoms with van der Waals surface area (Å²) in [4.78, 5) is 0. The van der Waals surface area contributed by atoms with Crippen LogP contribution in [-0.4, -0.2) is 12.9 Å². The Kier molecular flexibility index (Phi) is 4.03. The van der Waals surface area contributed by atoms with Crippen LogP contribution in [0.15, 0.2) is 24.3 Å². The van der Waals surface area contributed by atoms with Gasteiger partial charge in [-0.1, -0.05) is 34.1 Å². The van der Waals surface area contributed by atoms with Crippen molar-refractivity contribution >= 4 is 15.9 Å². The third-order valence-corrected chi connectivity index (χ3v) is 3.12. The first-order chi connectivity index (χ1) is 7.40. The molecule has 0 radical (unpaired) electrons. The van der Waals surface area contributed by atoms with Crippen LogP contribution < -0.4 is 4.74 Å². The van der Waals surface area contributed by atoms with E-state index in [1.54, 1.807) is 0 Å². The third kappa shape index (κ3) is 2.95. The molecule has 2 rings (SSSR count). The Morgan fingerprint density at radius 2 is 2.20 bits per heavy atom. The Balaban J connectivity index is 2.02. The van der Waals surface area contributed by atoms with Crippen molar-refractivity contribution in [3.05, 3.63) is 29.8 Å². The zero-order chi connectivity index (χ0) is 10.5. The molecule has 0 unspecified atom stereocenters. The average molecular weight is 271 g/mol. The van der Waals surface area contributed by atoms with Gasteiger partial charge >= 0.3 is 0 Å². The summed E-state index contributed by atoms with van der Waals surface area (Å²) >= 11 is 3.45. The van der Waals surface area contributed by atoms with Crippen LogP contribution in [0.3, 0.4) is 0 Å². The van der Waals surface area contributed by atoms with Crippen LogP contribution in [0.25, 0.3) is 0 Å². The standard InChI is InChI=1S/C12H15BrO2/c13-9-10-5-1-2-6-11(10)15-12-7-3-4-8-14-12/h1-2,5-6,12H,3-4,7-9H2/t12-/m0/s1. The van der Waals surface area contributed by atoms with Gasteiger partial charge in [0, 0.05) is 17.3 Å². The zero-order valence-electron chi connectivity index (χ0n) is 8.62. The predicted molar refractivity (Wildman–Crippen MR) is 63.3 cm³/mol. The molecular weight excluding hydrogens is 256 g/mol. The lowest BCUT2D eigenvalue weighted by atomic mass is 10.2. The van der Waals surface area contributed by atoms with Gasteiger partial charge in [-0.15, -0.1) is 0 Å². The topological polar surface area (TPSA) is 18.5 Å². The van der Waals surface area contributed by atoms with Crippen molar-refractivity contribution < 1.29 is 9.47 Å². The van der Waals surface area contributed by atoms with E-state index in [4.69, 9.17) is 9.47 Å². The van der Waals surface area contributed by atoms with E-state index in [0.717, 1.165) is 30.5 Å². The van der Waals surface area contributed by atoms with Gasteiger partial charge in [-0.3, -0.25) is 0 Å². The Morgan fingerprint density at radius 1 is 1.33 bits per heavy atom. The number of rotatable bonds is 3. The molecule has 1 fully saturated rings. The second-order valence-corrected chi connectivity index (χ2v) is 4.22. The van der Waals surface area contributed by atoms with E-state index in [9.17, 15) is 0 Å². The summed E-state index contributed by atoms with van der Waals surface area (Å²) < 4.78 is 11.4. The maximum absolute atomic E-state index is 5.83. The second kappa shape index (κ2) is 5.52. The summed E-state index contributed by atoms with van der Waals surface area (Å²) in [5, 5.41) is 0.815. The highest BCUT2D eigenvalue weighted by Gasteiger charge is 2.16. The lowest BCUT2D eigenvalue weighted by molar-refractivity contribution is -0.106. The molecule has 1 aliphatic heterocycles. The van der Waals surface area contributed by atoms with E-state index in [1.165, 1.54) is 12.0 Å². The van der Waals surface area contributed by atoms with E-state index in [1.807, 2.05) is 18.2 Å². The molecule has 0 bridgehead atoms. The molecule has 1 atom stereocenters. The minimum atomic E-state index is -0.0565. The molecule has 0 aliphatic carbocycles. The van der Waals surface area contributed by atoms with Crippen LogP contribution in [0.2, 0.25) is 0 Å². The van der Waals surface area contributed by atoms with Gasteiger partial charge in [-0.25, -0.2) is 0 Å². The summed E-state index contributed by atoms with van der Waals surface area (Å²) in [6, 6.07) is 8.07. The van der Waals surface area contributed by atoms with Crippen molar-refractivity contribution in [1.82, 2.24) is 0 Å². The highest BCUT2D eigenvalue weighted by Crippen LogP contribution is 2.24. The van der Waals surface area contributed by atoms with Crippen LogP contribution in [0, 0.1) is 0 Å². The van der Waals surface area contributed by atoms with Gasteiger partial charge < -0.3 is 9.47 Å². The Labute approximate surface area is 98.7 Å². The fourth-order valence-corrected chi connectivity index (χ4v) is 2.14. The third-order valence-electron chi connectivity index (χ3n) is 2.51. The monoisotopic (exact) mass is 270 g/mol. The minimum absolute atomic E-state index is 0.0565. The van der Waals surface area contributed by atoms with Gasteiger partial charge in [0.1, 0.15) is 5.75 Å². The fraction of sp³-hybridized carbons (Fsp3) is 0.500. The largest absolute Gasteiger partial charge is 0.465 e. The molecule has 0 aromatic heterocycles. The van der Waals surface area contributed by atoms with Gasteiger partial charge in [0.2, 0.25) is 0 Å². The van der Waals surface area contributed by atoms with Gasteiger partial charge in [-0.2, -0.15) is 0 Å². The van der Waals surface area contributed by atoms with Crippen molar-refractivity contribution in [3.8, 4) is 5.75 Å². The fourth-order valence-electron chi connectivity index (χ4n) is 1.67. The zero-order valence-corrected chi connectivity index (χ0v) is 10.2. The van der Waals surface area contributed by atoms with Gasteiger partial charge in [-0.05, 0) is 18.9 Å². The summed E-state index contributed by atoms with van der Waals surface area (Å²) in [5.74, 6) is 0.932. The molecule has 1 aromatic carbocycles. The maximum atomic E-state index is 5.83. The summed E-state index contributed by atoms with van der Waals surface area (Å²) in [6.45, 7) is 0.821. The number of hydrogen-bond donors (Lipinski definition) is 0. The van der Waals surface area contributed by atoms with E-state index < -0.39 is 0 Å². The number of benzene rings is 1. The Morgan fingerprint density at radius 3 is 2.93 bits per heavy atom. The predicted octanol–water partition coefficient (Wildman–Crippen LogP) is 3.49. The Bertz CT molecular complexity index is 308. The SMILES string of the molecule is BrCc1ccccc1O[C@H]1CCCCO1. The second-order valence-electron chi connectivity index (χ2n) is 3.66. The first-order valence-electron chi connectivity index (χ1n) is 5.32. The molecule has 0 amide bonds. The number of para-hydroxylation sites is 1. The number of hydrogen-bond acceptors (Lipinski definition) is 2. The molecule has 1 aliphatic rings. The molecule has 1 aromatic rings. The molecule has 0 N–H and O–H groups in total. The molecular formula is C12H15BrO2. The average Bonchev–Trinajstić information content (AvgIpc) is 2.31. The molecule has 1 heterocycles. The molecule has 0 saturated carbocycles. The molecule has 82 valence electrons. The quantitative estimate of drug-likeness (QED) is 0.783. The number of halogens is 1. The van der Waals surface area contributed by atoms with E-state index >= 15 is 0 Å². The van der Waals surface area contributed by atoms with Crippen LogP contribution in [-0.2, 0) is 10.1 Å². The molecule has 2 nitrogen and oxygen atoms in total. The molecule has 0 spiro atoms. The summed E-state index contributed by atoms with van der Waals surface area (Å²) in [6.07, 6.45) is 3.29. The first-order valence-corrected chi connectivity index (χ1v) is 6.44. The normalized spacial score (nSPS) is 21.3. The summed E-state index contributed by atoms with van der Waals surface area (Å²) in [7, 11) is 0. The van der Waals surface area contributed by atoms with Crippen LogP contribution in [0.1, 0.15) is 24.8 Å². The van der Waals surface area contributed by atoms with E-state index in [2.05, 4.69) is 22.0 Å². The molecule has 3 heteroatoms. The smallest absolute Gasteiger partial charge is 0.199 e. The first kappa shape index (κ1) is 11.0. The van der Waals surface area contributed by atoms with Crippen LogP contribution in [0.5, 0.6) is 5.75 Å². The van der Waals surface area contributed by atoms with Crippen molar-refractivity contribution in [2.75, 3.05) is 6.61 Å². The summed E-state index contributed by atoms with van der Waals surface area (Å²) in [5.41, 5.74) is 1.17. The number of alkyl halides is 1. The van der Waals surface area contributed by atoms with Crippen LogP contribution >= 0.6 is 15.9 Å². The lowest BCUT2D eigenvalue weighted by Gasteiger charge is -2.24. The van der Waals surface area contributed by atoms with Crippen molar-refractivity contribution in [3.63, 3.8) is 0 Å². The number of ether oxygens (including phenoxy) is 2. The van der Waals surface area contributed by atoms with Gasteiger partial charge in [0.25, 0.3) is 0 Å². The van der Waals surface area contributed by atoms with Crippen LogP contribution in [0.4, 0.5) is 0 Å². The van der Waals surface area contributed by atoms with Gasteiger partial charge in [0.05, 0.1) is 6.61 Å². The lowest BCUT2D eigenvalue weighted by Crippen LogP contribution is -2.25. The maximum Gasteiger partial charge on any atom is 0.199 e. The van der Waals surface area contributed by atoms with Crippen molar-refractivity contribution in [2.45, 2.75) is 30.9 Å². The van der Waals surface area contributed by atoms with E-state index in [-0.39, 0.29) is 6.29 Å².